The number of fused-ring (bicyclic) bond motifs is 1. The van der Waals surface area contributed by atoms with Gasteiger partial charge in [0.2, 0.25) is 5.91 Å². The molecule has 1 aliphatic heterocycles. The van der Waals surface area contributed by atoms with Crippen molar-refractivity contribution in [1.29, 1.82) is 0 Å². The van der Waals surface area contributed by atoms with Gasteiger partial charge < -0.3 is 10.2 Å². The molecule has 2 rings (SSSR count). The molecule has 0 radical (unpaired) electrons. The molecule has 4 nitrogen and oxygen atoms in total. The van der Waals surface area contributed by atoms with Gasteiger partial charge in [-0.25, -0.2) is 0 Å². The minimum Gasteiger partial charge on any atom is -0.341 e. The van der Waals surface area contributed by atoms with Crippen LogP contribution in [0.25, 0.3) is 0 Å². The molecule has 0 spiro atoms. The van der Waals surface area contributed by atoms with Crippen LogP contribution in [0.5, 0.6) is 0 Å². The van der Waals surface area contributed by atoms with E-state index >= 15 is 0 Å². The van der Waals surface area contributed by atoms with Gasteiger partial charge in [-0.2, -0.15) is 0 Å². The van der Waals surface area contributed by atoms with E-state index in [1.165, 1.54) is 6.92 Å². The molecule has 2 amide bonds. The number of hydrogen-bond donors (Lipinski definition) is 1. The molecule has 1 aromatic carbocycles. The first-order valence-corrected chi connectivity index (χ1v) is 5.85. The van der Waals surface area contributed by atoms with E-state index < -0.39 is 6.04 Å². The second kappa shape index (κ2) is 4.64. The first-order chi connectivity index (χ1) is 8.56. The van der Waals surface area contributed by atoms with Gasteiger partial charge in [-0.3, -0.25) is 9.59 Å². The standard InChI is InChI=1S/C14H16N2O2/c1-4-8-16-13-9(2)6-5-7-11(13)12(14(16)18)15-10(3)17/h4-7,12H,1,8H2,2-3H3,(H,15,17)/t12-/m0/s1. The topological polar surface area (TPSA) is 49.4 Å². The Hall–Kier alpha value is -2.10. The highest BCUT2D eigenvalue weighted by molar-refractivity contribution is 6.07. The lowest BCUT2D eigenvalue weighted by molar-refractivity contribution is -0.126. The number of benzene rings is 1. The summed E-state index contributed by atoms with van der Waals surface area (Å²) in [5.74, 6) is -0.310. The van der Waals surface area contributed by atoms with Gasteiger partial charge in [0.05, 0.1) is 5.69 Å². The quantitative estimate of drug-likeness (QED) is 0.823. The second-order valence-electron chi connectivity index (χ2n) is 4.38. The molecule has 1 heterocycles. The van der Waals surface area contributed by atoms with Crippen LogP contribution in [-0.4, -0.2) is 18.4 Å². The Kier molecular flexibility index (Phi) is 3.19. The molecule has 18 heavy (non-hydrogen) atoms. The molecule has 4 heteroatoms. The number of rotatable bonds is 3. The van der Waals surface area contributed by atoms with E-state index in [0.717, 1.165) is 16.8 Å². The molecule has 0 aliphatic carbocycles. The van der Waals surface area contributed by atoms with Crippen molar-refractivity contribution < 1.29 is 9.59 Å². The summed E-state index contributed by atoms with van der Waals surface area (Å²) in [6.45, 7) is 7.49. The predicted octanol–water partition coefficient (Wildman–Crippen LogP) is 1.70. The molecule has 0 fully saturated rings. The second-order valence-corrected chi connectivity index (χ2v) is 4.38. The highest BCUT2D eigenvalue weighted by Crippen LogP contribution is 2.38. The lowest BCUT2D eigenvalue weighted by atomic mass is 10.1. The van der Waals surface area contributed by atoms with Crippen LogP contribution in [0.15, 0.2) is 30.9 Å². The van der Waals surface area contributed by atoms with Gasteiger partial charge in [0.15, 0.2) is 0 Å². The maximum atomic E-state index is 12.3. The Morgan fingerprint density at radius 1 is 1.56 bits per heavy atom. The van der Waals surface area contributed by atoms with Crippen molar-refractivity contribution in [2.24, 2.45) is 0 Å². The van der Waals surface area contributed by atoms with Crippen LogP contribution in [0, 0.1) is 6.92 Å². The highest BCUT2D eigenvalue weighted by Gasteiger charge is 2.37. The third-order valence-electron chi connectivity index (χ3n) is 3.02. The molecule has 1 aliphatic rings. The number of aryl methyl sites for hydroxylation is 1. The highest BCUT2D eigenvalue weighted by atomic mass is 16.2. The molecule has 1 N–H and O–H groups in total. The minimum absolute atomic E-state index is 0.102. The number of amides is 2. The van der Waals surface area contributed by atoms with Crippen molar-refractivity contribution in [2.75, 3.05) is 11.4 Å². The number of anilines is 1. The molecule has 0 saturated carbocycles. The van der Waals surface area contributed by atoms with Crippen LogP contribution in [0.1, 0.15) is 24.1 Å². The van der Waals surface area contributed by atoms with Crippen molar-refractivity contribution >= 4 is 17.5 Å². The van der Waals surface area contributed by atoms with Crippen molar-refractivity contribution in [3.63, 3.8) is 0 Å². The molecule has 0 bridgehead atoms. The van der Waals surface area contributed by atoms with E-state index in [9.17, 15) is 9.59 Å². The van der Waals surface area contributed by atoms with Gasteiger partial charge >= 0.3 is 0 Å². The maximum Gasteiger partial charge on any atom is 0.254 e. The van der Waals surface area contributed by atoms with Crippen LogP contribution < -0.4 is 10.2 Å². The average Bonchev–Trinajstić information content (AvgIpc) is 2.56. The predicted molar refractivity (Wildman–Crippen MR) is 70.3 cm³/mol. The fourth-order valence-electron chi connectivity index (χ4n) is 2.34. The number of hydrogen-bond acceptors (Lipinski definition) is 2. The largest absolute Gasteiger partial charge is 0.341 e. The van der Waals surface area contributed by atoms with E-state index in [1.807, 2.05) is 25.1 Å². The zero-order valence-electron chi connectivity index (χ0n) is 10.6. The summed E-state index contributed by atoms with van der Waals surface area (Å²) in [6, 6.07) is 5.16. The number of para-hydroxylation sites is 1. The normalized spacial score (nSPS) is 17.6. The SMILES string of the molecule is C=CCN1C(=O)[C@@H](NC(C)=O)c2cccc(C)c21. The zero-order valence-corrected chi connectivity index (χ0v) is 10.6. The van der Waals surface area contributed by atoms with Gasteiger partial charge in [-0.05, 0) is 12.5 Å². The van der Waals surface area contributed by atoms with Gasteiger partial charge in [0.25, 0.3) is 5.91 Å². The summed E-state index contributed by atoms with van der Waals surface area (Å²) in [5, 5.41) is 2.70. The molecule has 0 saturated heterocycles. The first kappa shape index (κ1) is 12.4. The van der Waals surface area contributed by atoms with Gasteiger partial charge in [0.1, 0.15) is 6.04 Å². The summed E-state index contributed by atoms with van der Waals surface area (Å²) >= 11 is 0. The first-order valence-electron chi connectivity index (χ1n) is 5.85. The van der Waals surface area contributed by atoms with Crippen molar-refractivity contribution in [3.05, 3.63) is 42.0 Å². The molecule has 0 aromatic heterocycles. The molecular formula is C14H16N2O2. The Bertz CT molecular complexity index is 523. The van der Waals surface area contributed by atoms with Crippen molar-refractivity contribution in [2.45, 2.75) is 19.9 Å². The lowest BCUT2D eigenvalue weighted by Gasteiger charge is -2.17. The number of carbonyl (C=O) groups is 2. The van der Waals surface area contributed by atoms with Crippen molar-refractivity contribution in [1.82, 2.24) is 5.32 Å². The Morgan fingerprint density at radius 2 is 2.28 bits per heavy atom. The Morgan fingerprint density at radius 3 is 2.89 bits per heavy atom. The number of nitrogens with one attached hydrogen (secondary N) is 1. The van der Waals surface area contributed by atoms with E-state index in [1.54, 1.807) is 11.0 Å². The van der Waals surface area contributed by atoms with E-state index in [4.69, 9.17) is 0 Å². The van der Waals surface area contributed by atoms with Crippen LogP contribution in [-0.2, 0) is 9.59 Å². The molecule has 1 atom stereocenters. The van der Waals surface area contributed by atoms with E-state index in [2.05, 4.69) is 11.9 Å². The van der Waals surface area contributed by atoms with Crippen LogP contribution in [0.2, 0.25) is 0 Å². The zero-order chi connectivity index (χ0) is 13.3. The van der Waals surface area contributed by atoms with Crippen LogP contribution in [0.4, 0.5) is 5.69 Å². The minimum atomic E-state index is -0.572. The Balaban J connectivity index is 2.50. The maximum absolute atomic E-state index is 12.3. The summed E-state index contributed by atoms with van der Waals surface area (Å²) in [5.41, 5.74) is 2.77. The monoisotopic (exact) mass is 244 g/mol. The van der Waals surface area contributed by atoms with Crippen LogP contribution in [0.3, 0.4) is 0 Å². The molecular weight excluding hydrogens is 228 g/mol. The van der Waals surface area contributed by atoms with E-state index in [0.29, 0.717) is 6.54 Å². The van der Waals surface area contributed by atoms with Crippen molar-refractivity contribution in [3.8, 4) is 0 Å². The number of carbonyl (C=O) groups excluding carboxylic acids is 2. The molecule has 94 valence electrons. The summed E-state index contributed by atoms with van der Waals surface area (Å²) in [7, 11) is 0. The molecule has 1 aromatic rings. The number of nitrogens with zero attached hydrogens (tertiary/aromatic N) is 1. The van der Waals surface area contributed by atoms with Gasteiger partial charge in [-0.1, -0.05) is 24.3 Å². The third-order valence-corrected chi connectivity index (χ3v) is 3.02. The molecule has 0 unspecified atom stereocenters. The third kappa shape index (κ3) is 1.90. The summed E-state index contributed by atoms with van der Waals surface area (Å²) in [6.07, 6.45) is 1.68. The van der Waals surface area contributed by atoms with Gasteiger partial charge in [-0.15, -0.1) is 6.58 Å². The Labute approximate surface area is 106 Å². The fraction of sp³-hybridized carbons (Fsp3) is 0.286. The summed E-state index contributed by atoms with van der Waals surface area (Å²) in [4.78, 5) is 25.2. The van der Waals surface area contributed by atoms with Crippen LogP contribution >= 0.6 is 0 Å². The average molecular weight is 244 g/mol. The fourth-order valence-corrected chi connectivity index (χ4v) is 2.34. The smallest absolute Gasteiger partial charge is 0.254 e. The van der Waals surface area contributed by atoms with Gasteiger partial charge in [0, 0.05) is 19.0 Å². The lowest BCUT2D eigenvalue weighted by Crippen LogP contribution is -2.36. The van der Waals surface area contributed by atoms with E-state index in [-0.39, 0.29) is 11.8 Å². The summed E-state index contributed by atoms with van der Waals surface area (Å²) < 4.78 is 0.